The summed E-state index contributed by atoms with van der Waals surface area (Å²) in [5.74, 6) is -0.430. The molecule has 3 amide bonds. The lowest BCUT2D eigenvalue weighted by molar-refractivity contribution is -0.127. The van der Waals surface area contributed by atoms with Crippen LogP contribution < -0.4 is 16.2 Å². The number of aromatic amines is 1. The maximum absolute atomic E-state index is 12.7. The fourth-order valence-corrected chi connectivity index (χ4v) is 5.21. The Labute approximate surface area is 198 Å². The predicted octanol–water partition coefficient (Wildman–Crippen LogP) is 2.45. The third-order valence-corrected chi connectivity index (χ3v) is 6.85. The van der Waals surface area contributed by atoms with Crippen LogP contribution >= 0.6 is 23.6 Å². The Morgan fingerprint density at radius 3 is 2.73 bits per heavy atom. The van der Waals surface area contributed by atoms with E-state index in [1.807, 2.05) is 18.7 Å². The number of benzene rings is 1. The quantitative estimate of drug-likeness (QED) is 0.350. The van der Waals surface area contributed by atoms with Crippen molar-refractivity contribution < 1.29 is 14.4 Å². The fraction of sp³-hybridized carbons (Fsp3) is 0.409. The molecule has 0 spiro atoms. The third kappa shape index (κ3) is 4.69. The Kier molecular flexibility index (Phi) is 6.61. The second kappa shape index (κ2) is 9.44. The van der Waals surface area contributed by atoms with Gasteiger partial charge < -0.3 is 20.5 Å². The Hall–Kier alpha value is -3.05. The van der Waals surface area contributed by atoms with Crippen molar-refractivity contribution in [1.29, 1.82) is 0 Å². The average molecular weight is 488 g/mol. The predicted molar refractivity (Wildman–Crippen MR) is 130 cm³/mol. The molecule has 4 rings (SSSR count). The molecule has 0 aliphatic carbocycles. The molecule has 1 fully saturated rings. The first-order chi connectivity index (χ1) is 15.8. The molecule has 3 heterocycles. The highest BCUT2D eigenvalue weighted by Gasteiger charge is 2.20. The zero-order chi connectivity index (χ0) is 23.7. The molecule has 1 aromatic carbocycles. The van der Waals surface area contributed by atoms with Crippen molar-refractivity contribution in [2.75, 3.05) is 19.6 Å². The lowest BCUT2D eigenvalue weighted by Gasteiger charge is -2.15. The minimum atomic E-state index is -0.362. The standard InChI is InChI=1S/C22H25N5O4S2/c1-12(2)24-21(31)17-18-25-20(30)14-7-6-13(11-15(14)27(18)22(32)33-17)19(29)23-8-4-10-26-9-3-5-16(26)28/h6-7,11-12H,3-5,8-10H2,1-2H3,(H,23,29)(H,24,31)(H,25,30). The van der Waals surface area contributed by atoms with E-state index in [9.17, 15) is 19.2 Å². The van der Waals surface area contributed by atoms with Gasteiger partial charge in [0.2, 0.25) is 5.91 Å². The van der Waals surface area contributed by atoms with E-state index in [0.29, 0.717) is 56.9 Å². The first-order valence-corrected chi connectivity index (χ1v) is 12.1. The van der Waals surface area contributed by atoms with Gasteiger partial charge in [-0.05, 0) is 57.1 Å². The highest BCUT2D eigenvalue weighted by Crippen LogP contribution is 2.23. The highest BCUT2D eigenvalue weighted by molar-refractivity contribution is 7.73. The molecule has 0 saturated carbocycles. The number of fused-ring (bicyclic) bond motifs is 3. The van der Waals surface area contributed by atoms with Gasteiger partial charge in [-0.3, -0.25) is 23.6 Å². The van der Waals surface area contributed by atoms with E-state index in [1.165, 1.54) is 0 Å². The molecule has 0 atom stereocenters. The summed E-state index contributed by atoms with van der Waals surface area (Å²) in [4.78, 5) is 54.6. The maximum atomic E-state index is 12.7. The monoisotopic (exact) mass is 487 g/mol. The van der Waals surface area contributed by atoms with Gasteiger partial charge >= 0.3 is 0 Å². The van der Waals surface area contributed by atoms with Crippen molar-refractivity contribution >= 4 is 57.8 Å². The van der Waals surface area contributed by atoms with Gasteiger partial charge in [0, 0.05) is 37.7 Å². The molecule has 1 saturated heterocycles. The average Bonchev–Trinajstić information content (AvgIpc) is 3.33. The van der Waals surface area contributed by atoms with E-state index in [1.54, 1.807) is 22.6 Å². The number of carbonyl (C=O) groups excluding carboxylic acids is 3. The summed E-state index contributed by atoms with van der Waals surface area (Å²) < 4.78 is 2.02. The van der Waals surface area contributed by atoms with Crippen LogP contribution in [0.5, 0.6) is 0 Å². The summed E-state index contributed by atoms with van der Waals surface area (Å²) in [7, 11) is 0. The second-order valence-corrected chi connectivity index (χ2v) is 9.93. The second-order valence-electron chi connectivity index (χ2n) is 8.29. The lowest BCUT2D eigenvalue weighted by Crippen LogP contribution is -2.30. The first-order valence-electron chi connectivity index (χ1n) is 10.8. The molecule has 33 heavy (non-hydrogen) atoms. The summed E-state index contributed by atoms with van der Waals surface area (Å²) in [6, 6.07) is 4.71. The molecule has 1 aliphatic heterocycles. The van der Waals surface area contributed by atoms with Gasteiger partial charge in [-0.1, -0.05) is 11.3 Å². The Morgan fingerprint density at radius 1 is 1.24 bits per heavy atom. The van der Waals surface area contributed by atoms with Gasteiger partial charge in [0.15, 0.2) is 3.95 Å². The van der Waals surface area contributed by atoms with E-state index in [2.05, 4.69) is 15.6 Å². The van der Waals surface area contributed by atoms with Crippen LogP contribution in [0.4, 0.5) is 0 Å². The topological polar surface area (TPSA) is 116 Å². The van der Waals surface area contributed by atoms with Gasteiger partial charge in [-0.2, -0.15) is 0 Å². The zero-order valence-corrected chi connectivity index (χ0v) is 20.0. The first kappa shape index (κ1) is 23.1. The lowest BCUT2D eigenvalue weighted by atomic mass is 10.1. The highest BCUT2D eigenvalue weighted by atomic mass is 32.1. The largest absolute Gasteiger partial charge is 0.352 e. The smallest absolute Gasteiger partial charge is 0.265 e. The summed E-state index contributed by atoms with van der Waals surface area (Å²) in [6.45, 7) is 5.53. The van der Waals surface area contributed by atoms with E-state index in [4.69, 9.17) is 12.2 Å². The molecule has 0 radical (unpaired) electrons. The van der Waals surface area contributed by atoms with Crippen LogP contribution in [0.2, 0.25) is 0 Å². The van der Waals surface area contributed by atoms with Gasteiger partial charge in [-0.25, -0.2) is 0 Å². The van der Waals surface area contributed by atoms with Crippen molar-refractivity contribution in [3.8, 4) is 0 Å². The number of aromatic nitrogens is 2. The normalized spacial score (nSPS) is 13.9. The number of carbonyl (C=O) groups is 3. The van der Waals surface area contributed by atoms with Crippen LogP contribution in [0, 0.1) is 3.95 Å². The van der Waals surface area contributed by atoms with Crippen molar-refractivity contribution in [3.05, 3.63) is 42.9 Å². The molecular formula is C22H25N5O4S2. The van der Waals surface area contributed by atoms with Crippen LogP contribution in [0.15, 0.2) is 23.0 Å². The van der Waals surface area contributed by atoms with Gasteiger partial charge in [-0.15, -0.1) is 0 Å². The molecule has 3 aromatic rings. The fourth-order valence-electron chi connectivity index (χ4n) is 3.93. The molecular weight excluding hydrogens is 462 g/mol. The SMILES string of the molecule is CC(C)NC(=O)c1sc(=S)n2c1[nH]c(=O)c1ccc(C(=O)NCCCN3CCCC3=O)cc12. The number of hydrogen-bond donors (Lipinski definition) is 3. The molecule has 1 aliphatic rings. The van der Waals surface area contributed by atoms with Crippen LogP contribution in [0.1, 0.15) is 53.1 Å². The number of H-pyrrole nitrogens is 1. The summed E-state index contributed by atoms with van der Waals surface area (Å²) >= 11 is 6.59. The van der Waals surface area contributed by atoms with E-state index in [0.717, 1.165) is 24.3 Å². The number of nitrogens with one attached hydrogen (secondary N) is 3. The molecule has 0 unspecified atom stereocenters. The number of rotatable bonds is 7. The van der Waals surface area contributed by atoms with Crippen LogP contribution in [0.25, 0.3) is 16.6 Å². The summed E-state index contributed by atoms with van der Waals surface area (Å²) in [5, 5.41) is 6.05. The third-order valence-electron chi connectivity index (χ3n) is 5.48. The molecule has 0 bridgehead atoms. The minimum Gasteiger partial charge on any atom is -0.352 e. The van der Waals surface area contributed by atoms with Crippen LogP contribution in [-0.2, 0) is 4.79 Å². The molecule has 11 heteroatoms. The van der Waals surface area contributed by atoms with Crippen LogP contribution in [0.3, 0.4) is 0 Å². The Morgan fingerprint density at radius 2 is 2.03 bits per heavy atom. The van der Waals surface area contributed by atoms with E-state index in [-0.39, 0.29) is 29.3 Å². The van der Waals surface area contributed by atoms with Crippen molar-refractivity contribution in [2.24, 2.45) is 0 Å². The maximum Gasteiger partial charge on any atom is 0.265 e. The van der Waals surface area contributed by atoms with Gasteiger partial charge in [0.05, 0.1) is 10.9 Å². The molecule has 3 N–H and O–H groups in total. The summed E-state index contributed by atoms with van der Waals surface area (Å²) in [6.07, 6.45) is 2.16. The number of thiazole rings is 1. The molecule has 2 aromatic heterocycles. The Balaban J connectivity index is 1.60. The van der Waals surface area contributed by atoms with Crippen molar-refractivity contribution in [1.82, 2.24) is 24.9 Å². The summed E-state index contributed by atoms with van der Waals surface area (Å²) in [5.41, 5.74) is 0.800. The van der Waals surface area contributed by atoms with E-state index >= 15 is 0 Å². The number of amides is 3. The molecule has 174 valence electrons. The van der Waals surface area contributed by atoms with Crippen LogP contribution in [-0.4, -0.2) is 57.7 Å². The van der Waals surface area contributed by atoms with Crippen molar-refractivity contribution in [3.63, 3.8) is 0 Å². The van der Waals surface area contributed by atoms with Gasteiger partial charge in [0.1, 0.15) is 10.5 Å². The number of hydrogen-bond acceptors (Lipinski definition) is 6. The molecule has 9 nitrogen and oxygen atoms in total. The van der Waals surface area contributed by atoms with E-state index < -0.39 is 0 Å². The number of nitrogens with zero attached hydrogens (tertiary/aromatic N) is 2. The van der Waals surface area contributed by atoms with Crippen molar-refractivity contribution in [2.45, 2.75) is 39.2 Å². The Bertz CT molecular complexity index is 1370. The minimum absolute atomic E-state index is 0.0701. The van der Waals surface area contributed by atoms with Gasteiger partial charge in [0.25, 0.3) is 17.4 Å². The number of likely N-dealkylation sites (tertiary alicyclic amines) is 1. The zero-order valence-electron chi connectivity index (χ0n) is 18.4.